The first-order valence-electron chi connectivity index (χ1n) is 5.90. The molecule has 5 heteroatoms. The van der Waals surface area contributed by atoms with Gasteiger partial charge in [0.25, 0.3) is 0 Å². The zero-order chi connectivity index (χ0) is 13.5. The van der Waals surface area contributed by atoms with Crippen molar-refractivity contribution in [3.8, 4) is 0 Å². The van der Waals surface area contributed by atoms with Crippen LogP contribution in [-0.2, 0) is 11.3 Å². The van der Waals surface area contributed by atoms with Crippen LogP contribution in [-0.4, -0.2) is 19.0 Å². The fourth-order valence-electron chi connectivity index (χ4n) is 1.36. The maximum Gasteiger partial charge on any atom is 0.233 e. The SMILES string of the molecule is CC(C)CNC(=O)CNCc1ccc(Br)cc1F. The summed E-state index contributed by atoms with van der Waals surface area (Å²) in [5.74, 6) is 0.0820. The summed E-state index contributed by atoms with van der Waals surface area (Å²) in [7, 11) is 0. The molecule has 0 unspecified atom stereocenters. The fraction of sp³-hybridized carbons (Fsp3) is 0.462. The first-order valence-corrected chi connectivity index (χ1v) is 6.69. The highest BCUT2D eigenvalue weighted by Gasteiger charge is 2.05. The molecule has 0 aromatic heterocycles. The van der Waals surface area contributed by atoms with Gasteiger partial charge in [0.15, 0.2) is 0 Å². The lowest BCUT2D eigenvalue weighted by Gasteiger charge is -2.09. The van der Waals surface area contributed by atoms with Crippen LogP contribution in [0.2, 0.25) is 0 Å². The van der Waals surface area contributed by atoms with E-state index in [1.807, 2.05) is 13.8 Å². The van der Waals surface area contributed by atoms with Crippen molar-refractivity contribution in [2.75, 3.05) is 13.1 Å². The summed E-state index contributed by atoms with van der Waals surface area (Å²) in [6, 6.07) is 4.88. The summed E-state index contributed by atoms with van der Waals surface area (Å²) in [6.45, 7) is 5.26. The lowest BCUT2D eigenvalue weighted by molar-refractivity contribution is -0.120. The predicted molar refractivity (Wildman–Crippen MR) is 73.7 cm³/mol. The molecule has 0 saturated carbocycles. The first kappa shape index (κ1) is 15.1. The van der Waals surface area contributed by atoms with Gasteiger partial charge in [-0.2, -0.15) is 0 Å². The van der Waals surface area contributed by atoms with E-state index in [-0.39, 0.29) is 18.3 Å². The molecule has 0 radical (unpaired) electrons. The third kappa shape index (κ3) is 5.60. The molecule has 0 atom stereocenters. The molecular weight excluding hydrogens is 299 g/mol. The molecular formula is C13H18BrFN2O. The van der Waals surface area contributed by atoms with Crippen molar-refractivity contribution in [3.63, 3.8) is 0 Å². The Balaban J connectivity index is 2.31. The Morgan fingerprint density at radius 1 is 1.44 bits per heavy atom. The van der Waals surface area contributed by atoms with Crippen molar-refractivity contribution in [1.29, 1.82) is 0 Å². The number of benzene rings is 1. The average Bonchev–Trinajstić information content (AvgIpc) is 2.29. The highest BCUT2D eigenvalue weighted by atomic mass is 79.9. The largest absolute Gasteiger partial charge is 0.355 e. The molecule has 0 bridgehead atoms. The maximum absolute atomic E-state index is 13.5. The van der Waals surface area contributed by atoms with Crippen molar-refractivity contribution < 1.29 is 9.18 Å². The van der Waals surface area contributed by atoms with E-state index in [4.69, 9.17) is 0 Å². The molecule has 0 aliphatic heterocycles. The minimum absolute atomic E-state index is 0.0683. The molecule has 100 valence electrons. The Bertz CT molecular complexity index is 410. The molecule has 2 N–H and O–H groups in total. The van der Waals surface area contributed by atoms with Gasteiger partial charge in [0, 0.05) is 23.1 Å². The maximum atomic E-state index is 13.5. The Kier molecular flexibility index (Phi) is 6.29. The minimum Gasteiger partial charge on any atom is -0.355 e. The Morgan fingerprint density at radius 2 is 2.17 bits per heavy atom. The zero-order valence-corrected chi connectivity index (χ0v) is 12.2. The highest BCUT2D eigenvalue weighted by Crippen LogP contribution is 2.14. The number of carbonyl (C=O) groups excluding carboxylic acids is 1. The third-order valence-corrected chi connectivity index (χ3v) is 2.82. The first-order chi connectivity index (χ1) is 8.49. The molecule has 0 aliphatic carbocycles. The molecule has 1 rings (SSSR count). The molecule has 0 spiro atoms. The van der Waals surface area contributed by atoms with Crippen LogP contribution in [0.15, 0.2) is 22.7 Å². The number of hydrogen-bond donors (Lipinski definition) is 2. The van der Waals surface area contributed by atoms with E-state index in [0.717, 1.165) is 0 Å². The van der Waals surface area contributed by atoms with Crippen LogP contribution in [0.5, 0.6) is 0 Å². The molecule has 0 aliphatic rings. The quantitative estimate of drug-likeness (QED) is 0.846. The smallest absolute Gasteiger partial charge is 0.233 e. The Hall–Kier alpha value is -0.940. The van der Waals surface area contributed by atoms with Crippen LogP contribution in [0.25, 0.3) is 0 Å². The number of carbonyl (C=O) groups is 1. The Labute approximate surface area is 115 Å². The minimum atomic E-state index is -0.278. The molecule has 1 aromatic carbocycles. The van der Waals surface area contributed by atoms with Crippen molar-refractivity contribution in [2.45, 2.75) is 20.4 Å². The van der Waals surface area contributed by atoms with E-state index in [1.165, 1.54) is 6.07 Å². The van der Waals surface area contributed by atoms with E-state index in [0.29, 0.717) is 29.0 Å². The molecule has 3 nitrogen and oxygen atoms in total. The van der Waals surface area contributed by atoms with E-state index >= 15 is 0 Å². The number of rotatable bonds is 6. The summed E-state index contributed by atoms with van der Waals surface area (Å²) in [5, 5.41) is 5.71. The van der Waals surface area contributed by atoms with Gasteiger partial charge >= 0.3 is 0 Å². The molecule has 1 aromatic rings. The van der Waals surface area contributed by atoms with E-state index in [9.17, 15) is 9.18 Å². The fourth-order valence-corrected chi connectivity index (χ4v) is 1.69. The predicted octanol–water partition coefficient (Wildman–Crippen LogP) is 2.45. The van der Waals surface area contributed by atoms with Crippen LogP contribution < -0.4 is 10.6 Å². The number of hydrogen-bond acceptors (Lipinski definition) is 2. The zero-order valence-electron chi connectivity index (χ0n) is 10.6. The van der Waals surface area contributed by atoms with E-state index in [2.05, 4.69) is 26.6 Å². The van der Waals surface area contributed by atoms with Crippen molar-refractivity contribution in [3.05, 3.63) is 34.1 Å². The summed E-state index contributed by atoms with van der Waals surface area (Å²) in [5.41, 5.74) is 0.551. The molecule has 1 amide bonds. The molecule has 0 fully saturated rings. The Morgan fingerprint density at radius 3 is 2.78 bits per heavy atom. The van der Waals surface area contributed by atoms with Gasteiger partial charge < -0.3 is 10.6 Å². The van der Waals surface area contributed by atoms with Crippen LogP contribution in [0, 0.1) is 11.7 Å². The standard InChI is InChI=1S/C13H18BrFN2O/c1-9(2)6-17-13(18)8-16-7-10-3-4-11(14)5-12(10)15/h3-5,9,16H,6-8H2,1-2H3,(H,17,18). The van der Waals surface area contributed by atoms with Crippen LogP contribution in [0.4, 0.5) is 4.39 Å². The van der Waals surface area contributed by atoms with Crippen molar-refractivity contribution in [2.24, 2.45) is 5.92 Å². The highest BCUT2D eigenvalue weighted by molar-refractivity contribution is 9.10. The number of halogens is 2. The van der Waals surface area contributed by atoms with Crippen LogP contribution in [0.3, 0.4) is 0 Å². The monoisotopic (exact) mass is 316 g/mol. The molecule has 18 heavy (non-hydrogen) atoms. The van der Waals surface area contributed by atoms with Gasteiger partial charge in [-0.15, -0.1) is 0 Å². The van der Waals surface area contributed by atoms with Crippen molar-refractivity contribution >= 4 is 21.8 Å². The summed E-state index contributed by atoms with van der Waals surface area (Å²) < 4.78 is 14.2. The third-order valence-electron chi connectivity index (χ3n) is 2.32. The van der Waals surface area contributed by atoms with E-state index in [1.54, 1.807) is 12.1 Å². The lowest BCUT2D eigenvalue weighted by Crippen LogP contribution is -2.35. The second-order valence-corrected chi connectivity index (χ2v) is 5.45. The van der Waals surface area contributed by atoms with Crippen molar-refractivity contribution in [1.82, 2.24) is 10.6 Å². The number of nitrogens with one attached hydrogen (secondary N) is 2. The van der Waals surface area contributed by atoms with Crippen LogP contribution in [0.1, 0.15) is 19.4 Å². The number of amides is 1. The molecule has 0 heterocycles. The normalized spacial score (nSPS) is 10.7. The lowest BCUT2D eigenvalue weighted by atomic mass is 10.2. The van der Waals surface area contributed by atoms with Gasteiger partial charge in [-0.05, 0) is 18.1 Å². The van der Waals surface area contributed by atoms with Gasteiger partial charge in [-0.25, -0.2) is 4.39 Å². The van der Waals surface area contributed by atoms with Gasteiger partial charge in [0.1, 0.15) is 5.82 Å². The average molecular weight is 317 g/mol. The summed E-state index contributed by atoms with van der Waals surface area (Å²) >= 11 is 3.20. The molecule has 0 saturated heterocycles. The summed E-state index contributed by atoms with van der Waals surface area (Å²) in [6.07, 6.45) is 0. The van der Waals surface area contributed by atoms with Gasteiger partial charge in [0.05, 0.1) is 6.54 Å². The summed E-state index contributed by atoms with van der Waals surface area (Å²) in [4.78, 5) is 11.4. The van der Waals surface area contributed by atoms with Gasteiger partial charge in [-0.1, -0.05) is 35.8 Å². The van der Waals surface area contributed by atoms with E-state index < -0.39 is 0 Å². The second-order valence-electron chi connectivity index (χ2n) is 4.54. The van der Waals surface area contributed by atoms with Gasteiger partial charge in [-0.3, -0.25) is 4.79 Å². The van der Waals surface area contributed by atoms with Gasteiger partial charge in [0.2, 0.25) is 5.91 Å². The second kappa shape index (κ2) is 7.48. The topological polar surface area (TPSA) is 41.1 Å². The van der Waals surface area contributed by atoms with Crippen LogP contribution >= 0.6 is 15.9 Å².